The van der Waals surface area contributed by atoms with Crippen LogP contribution in [0.2, 0.25) is 0 Å². The number of rotatable bonds is 5. The summed E-state index contributed by atoms with van der Waals surface area (Å²) in [4.78, 5) is 8.28. The van der Waals surface area contributed by atoms with E-state index in [1.54, 1.807) is 6.92 Å². The van der Waals surface area contributed by atoms with E-state index >= 15 is 0 Å². The summed E-state index contributed by atoms with van der Waals surface area (Å²) in [6.07, 6.45) is -1.61. The minimum Gasteiger partial charge on any atom is -0.411 e. The van der Waals surface area contributed by atoms with Gasteiger partial charge in [0.05, 0.1) is 17.0 Å². The topological polar surface area (TPSA) is 80.6 Å². The van der Waals surface area contributed by atoms with Crippen LogP contribution < -0.4 is 4.90 Å². The maximum absolute atomic E-state index is 12.7. The first-order valence-corrected chi connectivity index (χ1v) is 10.2. The largest absolute Gasteiger partial charge is 0.417 e. The Balaban J connectivity index is 1.38. The van der Waals surface area contributed by atoms with E-state index in [-0.39, 0.29) is 0 Å². The van der Waals surface area contributed by atoms with Gasteiger partial charge in [0, 0.05) is 56.2 Å². The zero-order valence-corrected chi connectivity index (χ0v) is 17.5. The average molecular weight is 444 g/mol. The lowest BCUT2D eigenvalue weighted by molar-refractivity contribution is -0.137. The van der Waals surface area contributed by atoms with Gasteiger partial charge in [0.15, 0.2) is 0 Å². The first kappa shape index (κ1) is 21.8. The molecule has 1 aliphatic heterocycles. The first-order chi connectivity index (χ1) is 15.3. The van der Waals surface area contributed by atoms with Crippen molar-refractivity contribution in [2.75, 3.05) is 31.1 Å². The van der Waals surface area contributed by atoms with E-state index in [4.69, 9.17) is 5.21 Å². The highest BCUT2D eigenvalue weighted by Gasteiger charge is 2.31. The molecular weight excluding hydrogens is 421 g/mol. The fraction of sp³-hybridized carbons (Fsp3) is 0.318. The first-order valence-electron chi connectivity index (χ1n) is 10.2. The number of hydrogen-bond acceptors (Lipinski definition) is 6. The number of alkyl halides is 3. The number of aromatic amines is 1. The van der Waals surface area contributed by atoms with E-state index in [9.17, 15) is 13.2 Å². The van der Waals surface area contributed by atoms with Crippen LogP contribution in [-0.4, -0.2) is 57.2 Å². The molecule has 0 atom stereocenters. The molecule has 3 heterocycles. The van der Waals surface area contributed by atoms with E-state index in [1.807, 2.05) is 35.4 Å². The molecular formula is C22H23F3N6O. The van der Waals surface area contributed by atoms with Crippen molar-refractivity contribution in [1.82, 2.24) is 20.1 Å². The van der Waals surface area contributed by atoms with Crippen molar-refractivity contribution in [3.05, 3.63) is 65.5 Å². The molecule has 2 N–H and O–H groups in total. The van der Waals surface area contributed by atoms with Gasteiger partial charge in [0.25, 0.3) is 0 Å². The molecule has 0 amide bonds. The summed E-state index contributed by atoms with van der Waals surface area (Å²) in [5.41, 5.74) is 3.52. The van der Waals surface area contributed by atoms with Crippen molar-refractivity contribution in [3.8, 4) is 11.3 Å². The number of halogens is 3. The van der Waals surface area contributed by atoms with Gasteiger partial charge in [0.1, 0.15) is 5.82 Å². The van der Waals surface area contributed by atoms with Crippen molar-refractivity contribution in [3.63, 3.8) is 0 Å². The zero-order valence-electron chi connectivity index (χ0n) is 17.5. The molecule has 1 aromatic carbocycles. The number of nitrogens with one attached hydrogen (secondary N) is 1. The molecule has 0 saturated carbocycles. The number of hydrogen-bond donors (Lipinski definition) is 2. The summed E-state index contributed by atoms with van der Waals surface area (Å²) in [6, 6.07) is 10.2. The van der Waals surface area contributed by atoms with E-state index < -0.39 is 11.7 Å². The quantitative estimate of drug-likeness (QED) is 0.353. The molecule has 0 bridgehead atoms. The molecule has 1 fully saturated rings. The second-order valence-corrected chi connectivity index (χ2v) is 7.69. The third-order valence-electron chi connectivity index (χ3n) is 5.61. The van der Waals surface area contributed by atoms with Crippen LogP contribution in [0, 0.1) is 0 Å². The number of anilines is 1. The van der Waals surface area contributed by atoms with Crippen LogP contribution >= 0.6 is 0 Å². The summed E-state index contributed by atoms with van der Waals surface area (Å²) in [6.45, 7) is 5.32. The Morgan fingerprint density at radius 1 is 1.09 bits per heavy atom. The lowest BCUT2D eigenvalue weighted by Gasteiger charge is -2.35. The third-order valence-corrected chi connectivity index (χ3v) is 5.61. The summed E-state index contributed by atoms with van der Waals surface area (Å²) in [5.74, 6) is 0.559. The van der Waals surface area contributed by atoms with Gasteiger partial charge in [-0.25, -0.2) is 4.98 Å². The fourth-order valence-electron chi connectivity index (χ4n) is 3.73. The summed E-state index contributed by atoms with van der Waals surface area (Å²) >= 11 is 0. The molecule has 7 nitrogen and oxygen atoms in total. The van der Waals surface area contributed by atoms with Crippen LogP contribution in [0.4, 0.5) is 19.0 Å². The van der Waals surface area contributed by atoms with Crippen molar-refractivity contribution < 1.29 is 18.4 Å². The van der Waals surface area contributed by atoms with Crippen molar-refractivity contribution in [2.45, 2.75) is 19.6 Å². The molecule has 1 saturated heterocycles. The highest BCUT2D eigenvalue weighted by Crippen LogP contribution is 2.29. The average Bonchev–Trinajstić information content (AvgIpc) is 3.27. The third kappa shape index (κ3) is 4.75. The van der Waals surface area contributed by atoms with Crippen LogP contribution in [0.15, 0.2) is 53.9 Å². The molecule has 0 spiro atoms. The Morgan fingerprint density at radius 3 is 2.41 bits per heavy atom. The molecule has 0 aliphatic carbocycles. The van der Waals surface area contributed by atoms with Gasteiger partial charge < -0.3 is 10.1 Å². The lowest BCUT2D eigenvalue weighted by Crippen LogP contribution is -2.46. The second kappa shape index (κ2) is 8.99. The minimum atomic E-state index is -4.38. The molecule has 0 radical (unpaired) electrons. The number of piperazine rings is 1. The predicted molar refractivity (Wildman–Crippen MR) is 115 cm³/mol. The van der Waals surface area contributed by atoms with Crippen LogP contribution in [0.1, 0.15) is 23.6 Å². The van der Waals surface area contributed by atoms with Gasteiger partial charge >= 0.3 is 6.18 Å². The highest BCUT2D eigenvalue weighted by molar-refractivity contribution is 5.98. The van der Waals surface area contributed by atoms with Crippen LogP contribution in [-0.2, 0) is 12.7 Å². The number of benzene rings is 1. The molecule has 1 aliphatic rings. The summed E-state index contributed by atoms with van der Waals surface area (Å²) < 4.78 is 38.2. The molecule has 168 valence electrons. The Hall–Kier alpha value is -3.40. The monoisotopic (exact) mass is 444 g/mol. The van der Waals surface area contributed by atoms with Crippen molar-refractivity contribution in [1.29, 1.82) is 0 Å². The summed E-state index contributed by atoms with van der Waals surface area (Å²) in [5, 5.41) is 19.5. The fourth-order valence-corrected chi connectivity index (χ4v) is 3.73. The van der Waals surface area contributed by atoms with Crippen molar-refractivity contribution in [2.24, 2.45) is 5.16 Å². The van der Waals surface area contributed by atoms with Crippen molar-refractivity contribution >= 4 is 11.5 Å². The van der Waals surface area contributed by atoms with Gasteiger partial charge in [-0.05, 0) is 24.6 Å². The van der Waals surface area contributed by atoms with E-state index in [2.05, 4.69) is 25.2 Å². The van der Waals surface area contributed by atoms with Crippen LogP contribution in [0.25, 0.3) is 11.3 Å². The number of aromatic nitrogens is 3. The Bertz CT molecular complexity index is 1070. The lowest BCUT2D eigenvalue weighted by atomic mass is 10.0. The van der Waals surface area contributed by atoms with Crippen LogP contribution in [0.5, 0.6) is 0 Å². The minimum absolute atomic E-state index is 0.541. The van der Waals surface area contributed by atoms with Gasteiger partial charge in [-0.2, -0.15) is 18.3 Å². The maximum atomic E-state index is 12.7. The zero-order chi connectivity index (χ0) is 22.7. The second-order valence-electron chi connectivity index (χ2n) is 7.69. The molecule has 0 unspecified atom stereocenters. The molecule has 10 heteroatoms. The SMILES string of the molecule is CC(=NO)c1ccc(-c2n[nH]cc2CN2CCN(c3ccc(C(F)(F)F)cn3)CC2)cc1. The normalized spacial score (nSPS) is 15.9. The van der Waals surface area contributed by atoms with Crippen LogP contribution in [0.3, 0.4) is 0 Å². The number of H-pyrrole nitrogens is 1. The summed E-state index contributed by atoms with van der Waals surface area (Å²) in [7, 11) is 0. The molecule has 4 rings (SSSR count). The van der Waals surface area contributed by atoms with Gasteiger partial charge in [-0.3, -0.25) is 10.00 Å². The molecule has 3 aromatic rings. The number of pyridine rings is 1. The van der Waals surface area contributed by atoms with E-state index in [0.29, 0.717) is 31.2 Å². The highest BCUT2D eigenvalue weighted by atomic mass is 19.4. The Labute approximate surface area is 183 Å². The number of oxime groups is 1. The maximum Gasteiger partial charge on any atom is 0.417 e. The van der Waals surface area contributed by atoms with Gasteiger partial charge in [0.2, 0.25) is 0 Å². The predicted octanol–water partition coefficient (Wildman–Crippen LogP) is 4.01. The van der Waals surface area contributed by atoms with Gasteiger partial charge in [-0.1, -0.05) is 29.4 Å². The standard InChI is InChI=1S/C22H23F3N6O/c1-15(29-32)16-2-4-17(5-3-16)21-18(12-27-28-21)14-30-8-10-31(11-9-30)20-7-6-19(13-26-20)22(23,24)25/h2-7,12-13,32H,8-11,14H2,1H3,(H,27,28). The molecule has 32 heavy (non-hydrogen) atoms. The Kier molecular flexibility index (Phi) is 6.13. The van der Waals surface area contributed by atoms with E-state index in [1.165, 1.54) is 6.07 Å². The smallest absolute Gasteiger partial charge is 0.411 e. The Morgan fingerprint density at radius 2 is 1.81 bits per heavy atom. The molecule has 2 aromatic heterocycles. The number of nitrogens with zero attached hydrogens (tertiary/aromatic N) is 5. The van der Waals surface area contributed by atoms with E-state index in [0.717, 1.165) is 47.7 Å². The van der Waals surface area contributed by atoms with Gasteiger partial charge in [-0.15, -0.1) is 0 Å².